The van der Waals surface area contributed by atoms with Crippen LogP contribution >= 0.6 is 0 Å². The second kappa shape index (κ2) is 6.43. The second-order valence-electron chi connectivity index (χ2n) is 6.26. The number of carbonyl (C=O) groups is 1. The van der Waals surface area contributed by atoms with Crippen molar-refractivity contribution in [1.29, 1.82) is 0 Å². The number of carbonyl (C=O) groups excluding carboxylic acids is 1. The molecule has 0 spiro atoms. The Balaban J connectivity index is 2.09. The predicted molar refractivity (Wildman–Crippen MR) is 83.6 cm³/mol. The molecule has 21 heavy (non-hydrogen) atoms. The van der Waals surface area contributed by atoms with Crippen molar-refractivity contribution in [3.63, 3.8) is 0 Å². The lowest BCUT2D eigenvalue weighted by atomic mass is 9.98. The van der Waals surface area contributed by atoms with E-state index in [0.29, 0.717) is 12.5 Å². The predicted octanol–water partition coefficient (Wildman–Crippen LogP) is 1.11. The van der Waals surface area contributed by atoms with Crippen LogP contribution in [0.4, 0.5) is 0 Å². The highest BCUT2D eigenvalue weighted by Crippen LogP contribution is 2.16. The smallest absolute Gasteiger partial charge is 0.259 e. The van der Waals surface area contributed by atoms with E-state index in [9.17, 15) is 9.59 Å². The van der Waals surface area contributed by atoms with E-state index >= 15 is 0 Å². The van der Waals surface area contributed by atoms with Crippen molar-refractivity contribution in [3.05, 3.63) is 33.7 Å². The summed E-state index contributed by atoms with van der Waals surface area (Å²) in [7, 11) is 5.75. The third kappa shape index (κ3) is 3.73. The van der Waals surface area contributed by atoms with Crippen molar-refractivity contribution in [3.8, 4) is 0 Å². The van der Waals surface area contributed by atoms with Gasteiger partial charge in [0.05, 0.1) is 0 Å². The van der Waals surface area contributed by atoms with Gasteiger partial charge in [0, 0.05) is 45.1 Å². The van der Waals surface area contributed by atoms with E-state index in [1.54, 1.807) is 18.1 Å². The Morgan fingerprint density at radius 2 is 2.14 bits per heavy atom. The van der Waals surface area contributed by atoms with E-state index in [-0.39, 0.29) is 16.9 Å². The number of hydrogen-bond acceptors (Lipinski definition) is 3. The Bertz CT molecular complexity index is 579. The molecule has 0 saturated carbocycles. The molecule has 0 bridgehead atoms. The van der Waals surface area contributed by atoms with Gasteiger partial charge in [-0.15, -0.1) is 0 Å². The van der Waals surface area contributed by atoms with E-state index in [2.05, 4.69) is 11.9 Å². The van der Waals surface area contributed by atoms with Crippen LogP contribution in [0.2, 0.25) is 0 Å². The van der Waals surface area contributed by atoms with Crippen molar-refractivity contribution in [2.45, 2.75) is 19.8 Å². The summed E-state index contributed by atoms with van der Waals surface area (Å²) in [5.74, 6) is 0.316. The first kappa shape index (κ1) is 15.8. The van der Waals surface area contributed by atoms with Crippen LogP contribution in [-0.2, 0) is 7.05 Å². The molecule has 2 heterocycles. The minimum absolute atomic E-state index is 0.177. The maximum absolute atomic E-state index is 12.5. The number of aromatic nitrogens is 1. The van der Waals surface area contributed by atoms with Crippen molar-refractivity contribution in [2.24, 2.45) is 13.0 Å². The van der Waals surface area contributed by atoms with Gasteiger partial charge in [0.2, 0.25) is 0 Å². The third-order valence-corrected chi connectivity index (χ3v) is 4.32. The Hall–Kier alpha value is -1.62. The number of likely N-dealkylation sites (tertiary alicyclic amines) is 1. The van der Waals surface area contributed by atoms with Crippen LogP contribution in [0.25, 0.3) is 0 Å². The number of nitrogens with zero attached hydrogens (tertiary/aromatic N) is 3. The summed E-state index contributed by atoms with van der Waals surface area (Å²) in [6.45, 7) is 4.72. The average Bonchev–Trinajstić information content (AvgIpc) is 2.42. The standard InChI is InChI=1S/C16H25N3O2/c1-12-8-15(20)14(11-18(12)3)16(21)19(4)10-13-6-5-7-17(2)9-13/h8,11,13H,5-7,9-10H2,1-4H3/t13-/m1/s1. The molecule has 5 nitrogen and oxygen atoms in total. The molecule has 1 saturated heterocycles. The average molecular weight is 291 g/mol. The van der Waals surface area contributed by atoms with Crippen LogP contribution < -0.4 is 5.43 Å². The molecule has 5 heteroatoms. The number of amides is 1. The van der Waals surface area contributed by atoms with Crippen molar-refractivity contribution >= 4 is 5.91 Å². The molecule has 1 fully saturated rings. The summed E-state index contributed by atoms with van der Waals surface area (Å²) in [6.07, 6.45) is 3.97. The largest absolute Gasteiger partial charge is 0.354 e. The number of hydrogen-bond donors (Lipinski definition) is 0. The maximum Gasteiger partial charge on any atom is 0.259 e. The molecule has 1 aliphatic heterocycles. The third-order valence-electron chi connectivity index (χ3n) is 4.32. The fourth-order valence-corrected chi connectivity index (χ4v) is 2.99. The molecule has 1 aromatic heterocycles. The van der Waals surface area contributed by atoms with Crippen LogP contribution in [0.15, 0.2) is 17.1 Å². The van der Waals surface area contributed by atoms with Crippen LogP contribution in [0.1, 0.15) is 28.9 Å². The highest BCUT2D eigenvalue weighted by molar-refractivity contribution is 5.93. The second-order valence-corrected chi connectivity index (χ2v) is 6.26. The van der Waals surface area contributed by atoms with Crippen LogP contribution in [0.5, 0.6) is 0 Å². The molecule has 0 aromatic carbocycles. The topological polar surface area (TPSA) is 45.6 Å². The lowest BCUT2D eigenvalue weighted by Gasteiger charge is -2.32. The minimum Gasteiger partial charge on any atom is -0.354 e. The molecule has 2 rings (SSSR count). The maximum atomic E-state index is 12.5. The van der Waals surface area contributed by atoms with Gasteiger partial charge in [-0.1, -0.05) is 0 Å². The van der Waals surface area contributed by atoms with Crippen molar-refractivity contribution in [1.82, 2.24) is 14.4 Å². The highest BCUT2D eigenvalue weighted by Gasteiger charge is 2.22. The molecule has 0 radical (unpaired) electrons. The van der Waals surface area contributed by atoms with Gasteiger partial charge in [-0.05, 0) is 39.3 Å². The Morgan fingerprint density at radius 3 is 2.81 bits per heavy atom. The molecule has 116 valence electrons. The van der Waals surface area contributed by atoms with E-state index in [4.69, 9.17) is 0 Å². The SMILES string of the molecule is Cc1cc(=O)c(C(=O)N(C)C[C@@H]2CCCN(C)C2)cn1C. The first-order valence-corrected chi connectivity index (χ1v) is 7.49. The number of pyridine rings is 1. The van der Waals surface area contributed by atoms with Gasteiger partial charge >= 0.3 is 0 Å². The quantitative estimate of drug-likeness (QED) is 0.838. The fraction of sp³-hybridized carbons (Fsp3) is 0.625. The molecular weight excluding hydrogens is 266 g/mol. The van der Waals surface area contributed by atoms with Gasteiger partial charge in [-0.2, -0.15) is 0 Å². The van der Waals surface area contributed by atoms with Crippen molar-refractivity contribution < 1.29 is 4.79 Å². The molecule has 1 aromatic rings. The first-order chi connectivity index (χ1) is 9.88. The fourth-order valence-electron chi connectivity index (χ4n) is 2.99. The summed E-state index contributed by atoms with van der Waals surface area (Å²) >= 11 is 0. The normalized spacial score (nSPS) is 19.5. The summed E-state index contributed by atoms with van der Waals surface area (Å²) < 4.78 is 1.82. The van der Waals surface area contributed by atoms with E-state index in [0.717, 1.165) is 25.2 Å². The van der Waals surface area contributed by atoms with Crippen molar-refractivity contribution in [2.75, 3.05) is 33.7 Å². The van der Waals surface area contributed by atoms with Crippen LogP contribution in [-0.4, -0.2) is 54.0 Å². The monoisotopic (exact) mass is 291 g/mol. The Kier molecular flexibility index (Phi) is 4.83. The number of rotatable bonds is 3. The molecule has 0 aliphatic carbocycles. The van der Waals surface area contributed by atoms with E-state index < -0.39 is 0 Å². The van der Waals surface area contributed by atoms with Gasteiger partial charge in [0.15, 0.2) is 5.43 Å². The van der Waals surface area contributed by atoms with Crippen LogP contribution in [0, 0.1) is 12.8 Å². The molecular formula is C16H25N3O2. The number of piperidine rings is 1. The molecule has 1 amide bonds. The van der Waals surface area contributed by atoms with Gasteiger partial charge in [0.1, 0.15) is 5.56 Å². The van der Waals surface area contributed by atoms with Crippen LogP contribution in [0.3, 0.4) is 0 Å². The van der Waals surface area contributed by atoms with Gasteiger partial charge in [-0.25, -0.2) is 0 Å². The molecule has 1 atom stereocenters. The van der Waals surface area contributed by atoms with Gasteiger partial charge in [0.25, 0.3) is 5.91 Å². The summed E-state index contributed by atoms with van der Waals surface area (Å²) in [4.78, 5) is 28.5. The summed E-state index contributed by atoms with van der Waals surface area (Å²) in [5.41, 5.74) is 0.922. The Labute approximate surface area is 126 Å². The first-order valence-electron chi connectivity index (χ1n) is 7.49. The summed E-state index contributed by atoms with van der Waals surface area (Å²) in [5, 5.41) is 0. The molecule has 0 unspecified atom stereocenters. The van der Waals surface area contributed by atoms with E-state index in [1.165, 1.54) is 12.5 Å². The molecule has 1 aliphatic rings. The van der Waals surface area contributed by atoms with Gasteiger partial charge in [-0.3, -0.25) is 9.59 Å². The zero-order valence-electron chi connectivity index (χ0n) is 13.4. The lowest BCUT2D eigenvalue weighted by molar-refractivity contribution is 0.0738. The van der Waals surface area contributed by atoms with Gasteiger partial charge < -0.3 is 14.4 Å². The minimum atomic E-state index is -0.191. The number of aryl methyl sites for hydroxylation is 2. The lowest BCUT2D eigenvalue weighted by Crippen LogP contribution is -2.41. The zero-order chi connectivity index (χ0) is 15.6. The van der Waals surface area contributed by atoms with E-state index in [1.807, 2.05) is 18.5 Å². The zero-order valence-corrected chi connectivity index (χ0v) is 13.4. The highest BCUT2D eigenvalue weighted by atomic mass is 16.2. The molecule has 0 N–H and O–H groups in total. The Morgan fingerprint density at radius 1 is 1.43 bits per heavy atom. The summed E-state index contributed by atoms with van der Waals surface area (Å²) in [6, 6.07) is 1.52.